The molecular weight excluding hydrogens is 130 g/mol. The van der Waals surface area contributed by atoms with Crippen molar-refractivity contribution in [3.05, 3.63) is 0 Å². The van der Waals surface area contributed by atoms with Crippen LogP contribution in [0.2, 0.25) is 0 Å². The summed E-state index contributed by atoms with van der Waals surface area (Å²) in [7, 11) is 0. The van der Waals surface area contributed by atoms with Crippen molar-refractivity contribution in [3.63, 3.8) is 0 Å². The van der Waals surface area contributed by atoms with Crippen LogP contribution in [-0.2, 0) is 4.79 Å². The average molecular weight is 145 g/mol. The third-order valence-electron chi connectivity index (χ3n) is 1.11. The van der Waals surface area contributed by atoms with Crippen LogP contribution in [0.4, 0.5) is 0 Å². The zero-order valence-corrected chi connectivity index (χ0v) is 6.55. The molecule has 0 aliphatic carbocycles. The zero-order valence-electron chi connectivity index (χ0n) is 6.55. The summed E-state index contributed by atoms with van der Waals surface area (Å²) < 4.78 is 0. The van der Waals surface area contributed by atoms with E-state index in [1.165, 1.54) is 6.92 Å². The van der Waals surface area contributed by atoms with Crippen molar-refractivity contribution in [3.8, 4) is 0 Å². The van der Waals surface area contributed by atoms with Gasteiger partial charge in [0.05, 0.1) is 0 Å². The first-order chi connectivity index (χ1) is 4.66. The normalized spacial score (nSPS) is 13.1. The number of carbonyl (C=O) groups is 1. The van der Waals surface area contributed by atoms with E-state index in [-0.39, 0.29) is 12.2 Å². The van der Waals surface area contributed by atoms with Crippen LogP contribution in [0.5, 0.6) is 0 Å². The molecule has 0 bridgehead atoms. The van der Waals surface area contributed by atoms with Gasteiger partial charge in [-0.3, -0.25) is 10.1 Å². The number of hydrogen-bond acceptors (Lipinski definition) is 3. The summed E-state index contributed by atoms with van der Waals surface area (Å²) in [6, 6.07) is 0. The van der Waals surface area contributed by atoms with Crippen molar-refractivity contribution in [2.45, 2.75) is 32.9 Å². The first-order valence-electron chi connectivity index (χ1n) is 3.57. The van der Waals surface area contributed by atoms with Crippen molar-refractivity contribution < 1.29 is 9.90 Å². The van der Waals surface area contributed by atoms with Gasteiger partial charge in [-0.15, -0.1) is 0 Å². The molecule has 0 radical (unpaired) electrons. The van der Waals surface area contributed by atoms with Crippen molar-refractivity contribution >= 4 is 5.78 Å². The number of ketones is 1. The molecule has 0 aromatic rings. The van der Waals surface area contributed by atoms with Crippen LogP contribution in [0, 0.1) is 0 Å². The lowest BCUT2D eigenvalue weighted by Gasteiger charge is -2.08. The van der Waals surface area contributed by atoms with Gasteiger partial charge < -0.3 is 5.11 Å². The van der Waals surface area contributed by atoms with Crippen molar-refractivity contribution in [2.24, 2.45) is 0 Å². The minimum atomic E-state index is -0.655. The van der Waals surface area contributed by atoms with Gasteiger partial charge in [0.25, 0.3) is 0 Å². The van der Waals surface area contributed by atoms with Gasteiger partial charge in [0.2, 0.25) is 0 Å². The standard InChI is InChI=1S/C7H15NO2/c1-3-4-8-7(10)5-6(2)9/h7-8,10H,3-5H2,1-2H3. The summed E-state index contributed by atoms with van der Waals surface area (Å²) in [5.74, 6) is 0.0103. The molecule has 0 aromatic heterocycles. The van der Waals surface area contributed by atoms with Gasteiger partial charge in [0.15, 0.2) is 0 Å². The highest BCUT2D eigenvalue weighted by atomic mass is 16.3. The molecule has 0 saturated heterocycles. The van der Waals surface area contributed by atoms with E-state index in [1.807, 2.05) is 6.92 Å². The molecule has 0 aliphatic heterocycles. The number of Topliss-reactive ketones (excluding diaryl/α,β-unsaturated/α-hetero) is 1. The Hall–Kier alpha value is -0.410. The predicted molar refractivity (Wildman–Crippen MR) is 39.6 cm³/mol. The quantitative estimate of drug-likeness (QED) is 0.546. The van der Waals surface area contributed by atoms with Gasteiger partial charge in [-0.05, 0) is 19.9 Å². The minimum absolute atomic E-state index is 0.0103. The highest BCUT2D eigenvalue weighted by molar-refractivity contribution is 5.75. The second kappa shape index (κ2) is 5.38. The lowest BCUT2D eigenvalue weighted by atomic mass is 10.3. The topological polar surface area (TPSA) is 49.3 Å². The number of nitrogens with one attached hydrogen (secondary N) is 1. The molecule has 0 heterocycles. The van der Waals surface area contributed by atoms with Crippen LogP contribution >= 0.6 is 0 Å². The van der Waals surface area contributed by atoms with E-state index in [0.29, 0.717) is 0 Å². The smallest absolute Gasteiger partial charge is 0.133 e. The molecule has 0 amide bonds. The monoisotopic (exact) mass is 145 g/mol. The Labute approximate surface area is 61.4 Å². The van der Waals surface area contributed by atoms with Crippen molar-refractivity contribution in [1.29, 1.82) is 0 Å². The molecule has 10 heavy (non-hydrogen) atoms. The third kappa shape index (κ3) is 5.72. The largest absolute Gasteiger partial charge is 0.378 e. The summed E-state index contributed by atoms with van der Waals surface area (Å²) >= 11 is 0. The molecule has 3 nitrogen and oxygen atoms in total. The van der Waals surface area contributed by atoms with Gasteiger partial charge in [0.1, 0.15) is 12.0 Å². The Morgan fingerprint density at radius 2 is 2.30 bits per heavy atom. The fourth-order valence-electron chi connectivity index (χ4n) is 0.655. The number of rotatable bonds is 5. The maximum Gasteiger partial charge on any atom is 0.133 e. The first kappa shape index (κ1) is 9.59. The molecular formula is C7H15NO2. The van der Waals surface area contributed by atoms with Gasteiger partial charge in [-0.25, -0.2) is 0 Å². The van der Waals surface area contributed by atoms with E-state index >= 15 is 0 Å². The van der Waals surface area contributed by atoms with Crippen LogP contribution in [0.15, 0.2) is 0 Å². The molecule has 3 heteroatoms. The zero-order chi connectivity index (χ0) is 7.98. The first-order valence-corrected chi connectivity index (χ1v) is 3.57. The maximum atomic E-state index is 10.4. The predicted octanol–water partition coefficient (Wildman–Crippen LogP) is 0.283. The second-order valence-electron chi connectivity index (χ2n) is 2.38. The van der Waals surface area contributed by atoms with Gasteiger partial charge >= 0.3 is 0 Å². The van der Waals surface area contributed by atoms with Crippen molar-refractivity contribution in [2.75, 3.05) is 6.54 Å². The Bertz CT molecular complexity index is 104. The van der Waals surface area contributed by atoms with Crippen LogP contribution in [0.3, 0.4) is 0 Å². The van der Waals surface area contributed by atoms with E-state index in [2.05, 4.69) is 5.32 Å². The average Bonchev–Trinajstić information content (AvgIpc) is 1.82. The van der Waals surface area contributed by atoms with E-state index in [9.17, 15) is 4.79 Å². The molecule has 0 aromatic carbocycles. The SMILES string of the molecule is CCCNC(O)CC(C)=O. The van der Waals surface area contributed by atoms with Gasteiger partial charge in [0, 0.05) is 6.42 Å². The molecule has 1 atom stereocenters. The summed E-state index contributed by atoms with van der Waals surface area (Å²) in [6.45, 7) is 4.23. The molecule has 0 spiro atoms. The van der Waals surface area contributed by atoms with Crippen LogP contribution < -0.4 is 5.32 Å². The van der Waals surface area contributed by atoms with Gasteiger partial charge in [-0.2, -0.15) is 0 Å². The Kier molecular flexibility index (Phi) is 5.16. The maximum absolute atomic E-state index is 10.4. The Morgan fingerprint density at radius 1 is 1.70 bits per heavy atom. The summed E-state index contributed by atoms with van der Waals surface area (Å²) in [4.78, 5) is 10.4. The van der Waals surface area contributed by atoms with E-state index in [4.69, 9.17) is 5.11 Å². The third-order valence-corrected chi connectivity index (χ3v) is 1.11. The highest BCUT2D eigenvalue weighted by Crippen LogP contribution is 1.87. The van der Waals surface area contributed by atoms with E-state index < -0.39 is 6.23 Å². The molecule has 1 unspecified atom stereocenters. The van der Waals surface area contributed by atoms with E-state index in [1.54, 1.807) is 0 Å². The lowest BCUT2D eigenvalue weighted by molar-refractivity contribution is -0.119. The Balaban J connectivity index is 3.25. The highest BCUT2D eigenvalue weighted by Gasteiger charge is 2.03. The second-order valence-corrected chi connectivity index (χ2v) is 2.38. The molecule has 60 valence electrons. The fraction of sp³-hybridized carbons (Fsp3) is 0.857. The lowest BCUT2D eigenvalue weighted by Crippen LogP contribution is -2.30. The van der Waals surface area contributed by atoms with Crippen LogP contribution in [0.1, 0.15) is 26.7 Å². The van der Waals surface area contributed by atoms with E-state index in [0.717, 1.165) is 13.0 Å². The number of aliphatic hydroxyl groups excluding tert-OH is 1. The summed E-state index contributed by atoms with van der Waals surface area (Å²) in [5.41, 5.74) is 0. The number of carbonyl (C=O) groups excluding carboxylic acids is 1. The fourth-order valence-corrected chi connectivity index (χ4v) is 0.655. The molecule has 0 aliphatic rings. The molecule has 0 saturated carbocycles. The molecule has 0 fully saturated rings. The molecule has 2 N–H and O–H groups in total. The summed E-state index contributed by atoms with van der Waals surface area (Å²) in [5, 5.41) is 11.8. The Morgan fingerprint density at radius 3 is 2.70 bits per heavy atom. The number of hydrogen-bond donors (Lipinski definition) is 2. The summed E-state index contributed by atoms with van der Waals surface area (Å²) in [6.07, 6.45) is 0.520. The van der Waals surface area contributed by atoms with Crippen LogP contribution in [-0.4, -0.2) is 23.7 Å². The van der Waals surface area contributed by atoms with Crippen molar-refractivity contribution in [1.82, 2.24) is 5.32 Å². The van der Waals surface area contributed by atoms with Crippen LogP contribution in [0.25, 0.3) is 0 Å². The van der Waals surface area contributed by atoms with Gasteiger partial charge in [-0.1, -0.05) is 6.92 Å². The number of aliphatic hydroxyl groups is 1. The minimum Gasteiger partial charge on any atom is -0.378 e. The molecule has 0 rings (SSSR count).